The average molecular weight is 511 g/mol. The number of alkyl halides is 3. The Kier molecular flexibility index (Phi) is 6.64. The molecule has 1 saturated heterocycles. The number of carbonyl (C=O) groups is 1. The van der Waals surface area contributed by atoms with Gasteiger partial charge in [-0.05, 0) is 49.2 Å². The molecule has 1 N–H and O–H groups in total. The van der Waals surface area contributed by atoms with E-state index in [2.05, 4.69) is 10.1 Å². The van der Waals surface area contributed by atoms with Crippen molar-refractivity contribution in [2.24, 2.45) is 0 Å². The van der Waals surface area contributed by atoms with E-state index in [4.69, 9.17) is 9.72 Å². The molecule has 0 unspecified atom stereocenters. The summed E-state index contributed by atoms with van der Waals surface area (Å²) in [5.74, 6) is 1.03. The summed E-state index contributed by atoms with van der Waals surface area (Å²) >= 11 is 0. The third-order valence-corrected chi connectivity index (χ3v) is 6.35. The molecule has 37 heavy (non-hydrogen) atoms. The van der Waals surface area contributed by atoms with Gasteiger partial charge >= 0.3 is 12.4 Å². The first-order valence-corrected chi connectivity index (χ1v) is 11.8. The molecule has 192 valence electrons. The van der Waals surface area contributed by atoms with E-state index in [0.29, 0.717) is 13.1 Å². The summed E-state index contributed by atoms with van der Waals surface area (Å²) < 4.78 is 49.8. The lowest BCUT2D eigenvalue weighted by atomic mass is 9.97. The third kappa shape index (κ3) is 5.32. The SMILES string of the molecule is COc1cccc(-c2nc([C@@H]3CCCN(C(=O)Nc4ccccc4OC(F)(F)F)C3)n3ccccc23)c1. The number of hydrogen-bond acceptors (Lipinski definition) is 4. The van der Waals surface area contributed by atoms with Crippen molar-refractivity contribution in [3.8, 4) is 22.8 Å². The number of hydrogen-bond donors (Lipinski definition) is 1. The number of halogens is 3. The van der Waals surface area contributed by atoms with E-state index >= 15 is 0 Å². The number of carbonyl (C=O) groups excluding carboxylic acids is 1. The molecule has 3 heterocycles. The van der Waals surface area contributed by atoms with Gasteiger partial charge in [0.25, 0.3) is 0 Å². The minimum atomic E-state index is -4.86. The van der Waals surface area contributed by atoms with Crippen molar-refractivity contribution in [1.29, 1.82) is 0 Å². The van der Waals surface area contributed by atoms with Gasteiger partial charge in [-0.3, -0.25) is 0 Å². The molecular formula is C27H25F3N4O3. The number of benzene rings is 2. The number of ether oxygens (including phenoxy) is 2. The Labute approximate surface area is 211 Å². The van der Waals surface area contributed by atoms with E-state index < -0.39 is 18.1 Å². The third-order valence-electron chi connectivity index (χ3n) is 6.35. The summed E-state index contributed by atoms with van der Waals surface area (Å²) in [5.41, 5.74) is 2.62. The Balaban J connectivity index is 1.40. The Morgan fingerprint density at radius 3 is 2.70 bits per heavy atom. The van der Waals surface area contributed by atoms with Crippen LogP contribution in [0.4, 0.5) is 23.7 Å². The first-order valence-electron chi connectivity index (χ1n) is 11.8. The van der Waals surface area contributed by atoms with Gasteiger partial charge in [-0.15, -0.1) is 13.2 Å². The summed E-state index contributed by atoms with van der Waals surface area (Å²) in [6.07, 6.45) is -1.36. The van der Waals surface area contributed by atoms with Gasteiger partial charge < -0.3 is 24.1 Å². The molecule has 5 rings (SSSR count). The van der Waals surface area contributed by atoms with Gasteiger partial charge in [0.05, 0.1) is 24.0 Å². The molecule has 7 nitrogen and oxygen atoms in total. The molecule has 2 aromatic carbocycles. The molecule has 2 aromatic heterocycles. The van der Waals surface area contributed by atoms with Crippen LogP contribution in [0.2, 0.25) is 0 Å². The molecule has 2 amide bonds. The van der Waals surface area contributed by atoms with Gasteiger partial charge in [-0.2, -0.15) is 0 Å². The molecule has 0 saturated carbocycles. The number of aromatic nitrogens is 2. The number of urea groups is 1. The minimum absolute atomic E-state index is 0.0430. The summed E-state index contributed by atoms with van der Waals surface area (Å²) in [5, 5.41) is 2.58. The monoisotopic (exact) mass is 510 g/mol. The molecule has 0 spiro atoms. The average Bonchev–Trinajstić information content (AvgIpc) is 3.29. The number of piperidine rings is 1. The number of pyridine rings is 1. The number of para-hydroxylation sites is 2. The maximum atomic E-state index is 13.1. The zero-order valence-electron chi connectivity index (χ0n) is 20.0. The van der Waals surface area contributed by atoms with Crippen molar-refractivity contribution < 1.29 is 27.4 Å². The van der Waals surface area contributed by atoms with E-state index in [1.807, 2.05) is 53.1 Å². The molecule has 0 radical (unpaired) electrons. The van der Waals surface area contributed by atoms with Crippen LogP contribution < -0.4 is 14.8 Å². The molecule has 1 atom stereocenters. The fourth-order valence-electron chi connectivity index (χ4n) is 4.68. The van der Waals surface area contributed by atoms with Crippen LogP contribution in [0.15, 0.2) is 72.9 Å². The van der Waals surface area contributed by atoms with Crippen molar-refractivity contribution in [1.82, 2.24) is 14.3 Å². The number of imidazole rings is 1. The number of nitrogens with one attached hydrogen (secondary N) is 1. The van der Waals surface area contributed by atoms with Crippen LogP contribution in [0.5, 0.6) is 11.5 Å². The highest BCUT2D eigenvalue weighted by Gasteiger charge is 2.33. The van der Waals surface area contributed by atoms with Crippen molar-refractivity contribution in [3.63, 3.8) is 0 Å². The molecular weight excluding hydrogens is 485 g/mol. The lowest BCUT2D eigenvalue weighted by Gasteiger charge is -2.32. The van der Waals surface area contributed by atoms with Gasteiger partial charge in [-0.25, -0.2) is 9.78 Å². The second-order valence-corrected chi connectivity index (χ2v) is 8.77. The molecule has 1 aliphatic rings. The standard InChI is InChI=1S/C27H25F3N4O3/c1-36-20-10-6-8-18(16-20)24-22-12-4-5-15-34(22)25(32-24)19-9-7-14-33(17-19)26(35)31-21-11-2-3-13-23(21)37-27(28,29)30/h2-6,8,10-13,15-16,19H,7,9,14,17H2,1H3,(H,31,35)/t19-/m1/s1. The van der Waals surface area contributed by atoms with Crippen LogP contribution in [0.3, 0.4) is 0 Å². The highest BCUT2D eigenvalue weighted by molar-refractivity contribution is 5.91. The largest absolute Gasteiger partial charge is 0.573 e. The van der Waals surface area contributed by atoms with E-state index in [0.717, 1.165) is 41.2 Å². The number of nitrogens with zero attached hydrogens (tertiary/aromatic N) is 3. The predicted molar refractivity (Wildman–Crippen MR) is 133 cm³/mol. The second-order valence-electron chi connectivity index (χ2n) is 8.77. The Morgan fingerprint density at radius 1 is 1.08 bits per heavy atom. The summed E-state index contributed by atoms with van der Waals surface area (Å²) in [6, 6.07) is 18.6. The summed E-state index contributed by atoms with van der Waals surface area (Å²) in [7, 11) is 1.62. The van der Waals surface area contributed by atoms with E-state index in [1.54, 1.807) is 12.0 Å². The highest BCUT2D eigenvalue weighted by Crippen LogP contribution is 2.34. The van der Waals surface area contributed by atoms with Crippen LogP contribution in [0, 0.1) is 0 Å². The Hall–Kier alpha value is -4.21. The maximum Gasteiger partial charge on any atom is 0.573 e. The minimum Gasteiger partial charge on any atom is -0.497 e. The quantitative estimate of drug-likeness (QED) is 0.341. The molecule has 0 bridgehead atoms. The van der Waals surface area contributed by atoms with Crippen LogP contribution in [0.25, 0.3) is 16.8 Å². The fourth-order valence-corrected chi connectivity index (χ4v) is 4.68. The Bertz CT molecular complexity index is 1420. The van der Waals surface area contributed by atoms with Crippen LogP contribution >= 0.6 is 0 Å². The van der Waals surface area contributed by atoms with E-state index in [9.17, 15) is 18.0 Å². The Morgan fingerprint density at radius 2 is 1.89 bits per heavy atom. The predicted octanol–water partition coefficient (Wildman–Crippen LogP) is 6.32. The topological polar surface area (TPSA) is 68.1 Å². The van der Waals surface area contributed by atoms with Crippen molar-refractivity contribution >= 4 is 17.2 Å². The number of likely N-dealkylation sites (tertiary alicyclic amines) is 1. The zero-order valence-corrected chi connectivity index (χ0v) is 20.0. The van der Waals surface area contributed by atoms with E-state index in [-0.39, 0.29) is 11.6 Å². The van der Waals surface area contributed by atoms with Crippen LogP contribution in [0.1, 0.15) is 24.6 Å². The van der Waals surface area contributed by atoms with Crippen molar-refractivity contribution in [2.75, 3.05) is 25.5 Å². The maximum absolute atomic E-state index is 13.1. The number of methoxy groups -OCH3 is 1. The zero-order chi connectivity index (χ0) is 26.0. The molecule has 1 fully saturated rings. The molecule has 4 aromatic rings. The van der Waals surface area contributed by atoms with Crippen molar-refractivity contribution in [2.45, 2.75) is 25.1 Å². The number of anilines is 1. The first kappa shape index (κ1) is 24.5. The number of rotatable bonds is 5. The lowest BCUT2D eigenvalue weighted by Crippen LogP contribution is -2.42. The first-order chi connectivity index (χ1) is 17.8. The van der Waals surface area contributed by atoms with Gasteiger partial charge in [0.15, 0.2) is 5.75 Å². The fraction of sp³-hybridized carbons (Fsp3) is 0.259. The van der Waals surface area contributed by atoms with E-state index in [1.165, 1.54) is 24.3 Å². The second kappa shape index (κ2) is 10.0. The summed E-state index contributed by atoms with van der Waals surface area (Å²) in [6.45, 7) is 0.858. The van der Waals surface area contributed by atoms with Crippen LogP contribution in [-0.2, 0) is 0 Å². The van der Waals surface area contributed by atoms with Gasteiger partial charge in [-0.1, -0.05) is 30.3 Å². The van der Waals surface area contributed by atoms with Gasteiger partial charge in [0.1, 0.15) is 11.6 Å². The number of fused-ring (bicyclic) bond motifs is 1. The highest BCUT2D eigenvalue weighted by atomic mass is 19.4. The molecule has 0 aliphatic carbocycles. The van der Waals surface area contributed by atoms with Crippen LogP contribution in [-0.4, -0.2) is 46.9 Å². The molecule has 10 heteroatoms. The molecule has 1 aliphatic heterocycles. The number of amides is 2. The smallest absolute Gasteiger partial charge is 0.497 e. The van der Waals surface area contributed by atoms with Gasteiger partial charge in [0, 0.05) is 30.8 Å². The lowest BCUT2D eigenvalue weighted by molar-refractivity contribution is -0.274. The summed E-state index contributed by atoms with van der Waals surface area (Å²) in [4.78, 5) is 19.7. The van der Waals surface area contributed by atoms with Gasteiger partial charge in [0.2, 0.25) is 0 Å². The van der Waals surface area contributed by atoms with Crippen molar-refractivity contribution in [3.05, 3.63) is 78.8 Å². The normalized spacial score (nSPS) is 16.0.